The maximum atomic E-state index is 13.2. The number of benzene rings is 2. The Morgan fingerprint density at radius 2 is 2.07 bits per heavy atom. The normalized spacial score (nSPS) is 12.8. The quantitative estimate of drug-likeness (QED) is 0.398. The van der Waals surface area contributed by atoms with Crippen molar-refractivity contribution in [2.24, 2.45) is 0 Å². The molecule has 1 aliphatic rings. The highest BCUT2D eigenvalue weighted by Gasteiger charge is 2.22. The summed E-state index contributed by atoms with van der Waals surface area (Å²) < 4.78 is 8.10. The molecule has 0 fully saturated rings. The molecule has 2 heterocycles. The second kappa shape index (κ2) is 8.12. The van der Waals surface area contributed by atoms with Crippen LogP contribution >= 0.6 is 39.5 Å². The first-order valence-corrected chi connectivity index (χ1v) is 11.2. The van der Waals surface area contributed by atoms with Gasteiger partial charge in [-0.1, -0.05) is 45.9 Å². The smallest absolute Gasteiger partial charge is 0.272 e. The SMILES string of the molecule is COc1cccc(-n2c(SCc3ccc(Br)cc3)nc3c(c2=O)SCC3)c1. The molecule has 2 aromatic carbocycles. The number of halogens is 1. The van der Waals surface area contributed by atoms with Gasteiger partial charge in [-0.25, -0.2) is 4.98 Å². The van der Waals surface area contributed by atoms with E-state index in [1.165, 1.54) is 5.56 Å². The first-order chi connectivity index (χ1) is 13.2. The van der Waals surface area contributed by atoms with Crippen molar-refractivity contribution in [3.05, 3.63) is 74.6 Å². The zero-order valence-corrected chi connectivity index (χ0v) is 17.9. The lowest BCUT2D eigenvalue weighted by Gasteiger charge is -2.14. The standard InChI is InChI=1S/C20H17BrN2O2S2/c1-25-16-4-2-3-15(11-16)23-19(24)18-17(9-10-26-18)22-20(23)27-12-13-5-7-14(21)8-6-13/h2-8,11H,9-10,12H2,1H3. The zero-order chi connectivity index (χ0) is 18.8. The highest BCUT2D eigenvalue weighted by atomic mass is 79.9. The molecule has 0 N–H and O–H groups in total. The molecule has 0 saturated heterocycles. The van der Waals surface area contributed by atoms with E-state index in [0.717, 1.165) is 49.6 Å². The van der Waals surface area contributed by atoms with E-state index >= 15 is 0 Å². The molecule has 3 aromatic rings. The number of thioether (sulfide) groups is 2. The molecule has 0 unspecified atom stereocenters. The minimum absolute atomic E-state index is 0.00839. The van der Waals surface area contributed by atoms with Gasteiger partial charge in [-0.3, -0.25) is 9.36 Å². The molecule has 0 bridgehead atoms. The lowest BCUT2D eigenvalue weighted by atomic mass is 10.2. The van der Waals surface area contributed by atoms with Crippen molar-refractivity contribution in [1.29, 1.82) is 0 Å². The topological polar surface area (TPSA) is 44.1 Å². The van der Waals surface area contributed by atoms with Gasteiger partial charge in [0.2, 0.25) is 0 Å². The monoisotopic (exact) mass is 460 g/mol. The number of hydrogen-bond donors (Lipinski definition) is 0. The lowest BCUT2D eigenvalue weighted by Crippen LogP contribution is -2.23. The van der Waals surface area contributed by atoms with Crippen LogP contribution in [0, 0.1) is 0 Å². The molecule has 27 heavy (non-hydrogen) atoms. The summed E-state index contributed by atoms with van der Waals surface area (Å²) in [6.45, 7) is 0. The van der Waals surface area contributed by atoms with E-state index in [2.05, 4.69) is 28.1 Å². The van der Waals surface area contributed by atoms with E-state index in [0.29, 0.717) is 0 Å². The number of fused-ring (bicyclic) bond motifs is 1. The maximum absolute atomic E-state index is 13.2. The molecule has 0 aliphatic carbocycles. The van der Waals surface area contributed by atoms with Gasteiger partial charge in [0.1, 0.15) is 5.75 Å². The van der Waals surface area contributed by atoms with Gasteiger partial charge in [-0.05, 0) is 29.8 Å². The third-order valence-corrected chi connectivity index (χ3v) is 6.90. The van der Waals surface area contributed by atoms with Crippen LogP contribution in [0.5, 0.6) is 5.75 Å². The van der Waals surface area contributed by atoms with E-state index in [-0.39, 0.29) is 5.56 Å². The Labute approximate surface area is 174 Å². The summed E-state index contributed by atoms with van der Waals surface area (Å²) in [6.07, 6.45) is 0.847. The predicted octanol–water partition coefficient (Wildman–Crippen LogP) is 4.94. The van der Waals surface area contributed by atoms with Crippen LogP contribution in [0.4, 0.5) is 0 Å². The summed E-state index contributed by atoms with van der Waals surface area (Å²) in [6, 6.07) is 15.8. The van der Waals surface area contributed by atoms with Gasteiger partial charge >= 0.3 is 0 Å². The van der Waals surface area contributed by atoms with Crippen molar-refractivity contribution in [1.82, 2.24) is 9.55 Å². The molecule has 0 amide bonds. The molecule has 0 atom stereocenters. The summed E-state index contributed by atoms with van der Waals surface area (Å²) >= 11 is 6.64. The van der Waals surface area contributed by atoms with E-state index in [1.807, 2.05) is 36.4 Å². The molecule has 0 spiro atoms. The lowest BCUT2D eigenvalue weighted by molar-refractivity contribution is 0.414. The summed E-state index contributed by atoms with van der Waals surface area (Å²) in [7, 11) is 1.63. The van der Waals surface area contributed by atoms with Crippen molar-refractivity contribution < 1.29 is 4.74 Å². The highest BCUT2D eigenvalue weighted by molar-refractivity contribution is 9.10. The fraction of sp³-hybridized carbons (Fsp3) is 0.200. The van der Waals surface area contributed by atoms with Crippen LogP contribution in [-0.2, 0) is 12.2 Å². The minimum atomic E-state index is 0.00839. The molecule has 1 aliphatic heterocycles. The first kappa shape index (κ1) is 18.7. The number of aromatic nitrogens is 2. The van der Waals surface area contributed by atoms with E-state index < -0.39 is 0 Å². The van der Waals surface area contributed by atoms with E-state index in [9.17, 15) is 4.79 Å². The Kier molecular flexibility index (Phi) is 5.61. The Bertz CT molecular complexity index is 1040. The molecular weight excluding hydrogens is 444 g/mol. The van der Waals surface area contributed by atoms with Crippen LogP contribution in [0.25, 0.3) is 5.69 Å². The molecule has 0 saturated carbocycles. The summed E-state index contributed by atoms with van der Waals surface area (Å²) in [5, 5.41) is 0.720. The third kappa shape index (κ3) is 3.95. The second-order valence-corrected chi connectivity index (χ2v) is 8.99. The van der Waals surface area contributed by atoms with E-state index in [1.54, 1.807) is 35.2 Å². The van der Waals surface area contributed by atoms with Crippen LogP contribution < -0.4 is 10.3 Å². The Balaban J connectivity index is 1.76. The zero-order valence-electron chi connectivity index (χ0n) is 14.6. The summed E-state index contributed by atoms with van der Waals surface area (Å²) in [5.74, 6) is 2.38. The molecule has 138 valence electrons. The van der Waals surface area contributed by atoms with Crippen LogP contribution in [0.1, 0.15) is 11.3 Å². The van der Waals surface area contributed by atoms with Crippen molar-refractivity contribution in [3.8, 4) is 11.4 Å². The minimum Gasteiger partial charge on any atom is -0.497 e. The van der Waals surface area contributed by atoms with Gasteiger partial charge in [0.05, 0.1) is 23.4 Å². The largest absolute Gasteiger partial charge is 0.497 e. The van der Waals surface area contributed by atoms with Gasteiger partial charge in [-0.15, -0.1) is 11.8 Å². The summed E-state index contributed by atoms with van der Waals surface area (Å²) in [5.41, 5.74) is 2.89. The molecule has 7 heteroatoms. The number of aryl methyl sites for hydroxylation is 1. The number of nitrogens with zero attached hydrogens (tertiary/aromatic N) is 2. The number of ether oxygens (including phenoxy) is 1. The van der Waals surface area contributed by atoms with Crippen LogP contribution in [0.15, 0.2) is 67.9 Å². The van der Waals surface area contributed by atoms with Crippen molar-refractivity contribution >= 4 is 39.5 Å². The van der Waals surface area contributed by atoms with Gasteiger partial charge in [0, 0.05) is 28.5 Å². The number of hydrogen-bond acceptors (Lipinski definition) is 5. The molecule has 4 nitrogen and oxygen atoms in total. The Morgan fingerprint density at radius 1 is 1.26 bits per heavy atom. The second-order valence-electron chi connectivity index (χ2n) is 6.03. The molecule has 1 aromatic heterocycles. The van der Waals surface area contributed by atoms with Gasteiger partial charge in [0.15, 0.2) is 5.16 Å². The first-order valence-electron chi connectivity index (χ1n) is 8.46. The third-order valence-electron chi connectivity index (χ3n) is 4.26. The van der Waals surface area contributed by atoms with Crippen LogP contribution in [-0.4, -0.2) is 22.4 Å². The fourth-order valence-corrected chi connectivity index (χ4v) is 5.17. The fourth-order valence-electron chi connectivity index (χ4n) is 2.89. The number of rotatable bonds is 5. The van der Waals surface area contributed by atoms with Crippen molar-refractivity contribution in [2.45, 2.75) is 22.2 Å². The van der Waals surface area contributed by atoms with Crippen LogP contribution in [0.2, 0.25) is 0 Å². The van der Waals surface area contributed by atoms with E-state index in [4.69, 9.17) is 9.72 Å². The average Bonchev–Trinajstić information content (AvgIpc) is 3.16. The van der Waals surface area contributed by atoms with Gasteiger partial charge in [0.25, 0.3) is 5.56 Å². The summed E-state index contributed by atoms with van der Waals surface area (Å²) in [4.78, 5) is 18.8. The number of methoxy groups -OCH3 is 1. The van der Waals surface area contributed by atoms with Crippen LogP contribution in [0.3, 0.4) is 0 Å². The average molecular weight is 461 g/mol. The van der Waals surface area contributed by atoms with Gasteiger partial charge < -0.3 is 4.74 Å². The molecular formula is C20H17BrN2O2S2. The molecule has 0 radical (unpaired) electrons. The van der Waals surface area contributed by atoms with Crippen molar-refractivity contribution in [2.75, 3.05) is 12.9 Å². The van der Waals surface area contributed by atoms with Crippen molar-refractivity contribution in [3.63, 3.8) is 0 Å². The van der Waals surface area contributed by atoms with Gasteiger partial charge in [-0.2, -0.15) is 0 Å². The Morgan fingerprint density at radius 3 is 2.85 bits per heavy atom. The Hall–Kier alpha value is -1.70. The maximum Gasteiger partial charge on any atom is 0.272 e. The predicted molar refractivity (Wildman–Crippen MR) is 115 cm³/mol. The molecule has 4 rings (SSSR count). The highest BCUT2D eigenvalue weighted by Crippen LogP contribution is 2.31.